The second kappa shape index (κ2) is 10.7. The zero-order chi connectivity index (χ0) is 27.1. The summed E-state index contributed by atoms with van der Waals surface area (Å²) in [7, 11) is 0. The maximum absolute atomic E-state index is 13.2. The number of ketones is 1. The third-order valence-corrected chi connectivity index (χ3v) is 9.73. The molecule has 6 atom stereocenters. The average Bonchev–Trinajstić information content (AvgIpc) is 3.60. The Morgan fingerprint density at radius 2 is 2.03 bits per heavy atom. The molecule has 2 amide bonds. The second-order valence-electron chi connectivity index (χ2n) is 10.9. The maximum atomic E-state index is 13.2. The number of fused-ring (bicyclic) bond motifs is 1. The van der Waals surface area contributed by atoms with Crippen molar-refractivity contribution in [3.63, 3.8) is 0 Å². The SMILES string of the molecule is C[C@@H](CC(=O)Cn1cnnn1)[C@H]1C(=O)N2C(C(=O)O)=C(S[C@@H]3CN[C@H](C(=O)N4CCC(N)CC4)C3)[C@H](C)[C@H]12. The lowest BCUT2D eigenvalue weighted by molar-refractivity contribution is -0.160. The molecule has 14 heteroatoms. The van der Waals surface area contributed by atoms with E-state index in [0.717, 1.165) is 12.8 Å². The first-order valence-corrected chi connectivity index (χ1v) is 14.0. The Morgan fingerprint density at radius 3 is 2.68 bits per heavy atom. The number of hydrogen-bond acceptors (Lipinski definition) is 10. The van der Waals surface area contributed by atoms with Gasteiger partial charge in [-0.25, -0.2) is 9.48 Å². The number of rotatable bonds is 9. The number of β-lactam (4-membered cyclic amide) rings is 1. The minimum absolute atomic E-state index is 0.0188. The Balaban J connectivity index is 1.22. The van der Waals surface area contributed by atoms with Gasteiger partial charge in [-0.1, -0.05) is 13.8 Å². The number of aliphatic carboxylic acids is 1. The van der Waals surface area contributed by atoms with E-state index < -0.39 is 11.9 Å². The lowest BCUT2D eigenvalue weighted by Crippen LogP contribution is -2.62. The molecule has 1 aromatic rings. The molecule has 13 nitrogen and oxygen atoms in total. The molecule has 0 radical (unpaired) electrons. The average molecular weight is 547 g/mol. The van der Waals surface area contributed by atoms with E-state index >= 15 is 0 Å². The maximum Gasteiger partial charge on any atom is 0.353 e. The number of aromatic nitrogens is 4. The number of amides is 2. The molecule has 3 fully saturated rings. The lowest BCUT2D eigenvalue weighted by Gasteiger charge is -2.47. The number of nitrogens with one attached hydrogen (secondary N) is 1. The van der Waals surface area contributed by atoms with Gasteiger partial charge in [0.1, 0.15) is 18.6 Å². The number of tetrazole rings is 1. The number of thioether (sulfide) groups is 1. The number of likely N-dealkylation sites (tertiary alicyclic amines) is 1. The molecule has 0 bridgehead atoms. The monoisotopic (exact) mass is 546 g/mol. The highest BCUT2D eigenvalue weighted by molar-refractivity contribution is 8.03. The van der Waals surface area contributed by atoms with E-state index in [1.165, 1.54) is 27.7 Å². The molecule has 0 saturated carbocycles. The normalized spacial score (nSPS) is 30.4. The van der Waals surface area contributed by atoms with Gasteiger partial charge >= 0.3 is 5.97 Å². The summed E-state index contributed by atoms with van der Waals surface area (Å²) < 4.78 is 1.34. The molecule has 4 aliphatic rings. The number of carboxylic acids is 1. The van der Waals surface area contributed by atoms with E-state index in [1.54, 1.807) is 0 Å². The van der Waals surface area contributed by atoms with E-state index in [-0.39, 0.29) is 71.5 Å². The summed E-state index contributed by atoms with van der Waals surface area (Å²) in [6.45, 7) is 5.76. The lowest BCUT2D eigenvalue weighted by atomic mass is 9.73. The van der Waals surface area contributed by atoms with Crippen molar-refractivity contribution in [3.8, 4) is 0 Å². The number of carbonyl (C=O) groups excluding carboxylic acids is 3. The standard InChI is InChI=1S/C24H34N8O5S/c1-12(7-15(33)10-31-11-27-28-29-31)18-19-13(2)21(20(24(36)37)32(19)23(18)35)38-16-8-17(26-9-16)22(34)30-5-3-14(25)4-6-30/h11-14,16-19,26H,3-10,25H2,1-2H3,(H,36,37)/t12-,13+,16-,17-,18+,19+/m0/s1. The van der Waals surface area contributed by atoms with Crippen LogP contribution in [0.4, 0.5) is 0 Å². The van der Waals surface area contributed by atoms with Crippen LogP contribution in [0.1, 0.15) is 39.5 Å². The zero-order valence-corrected chi connectivity index (χ0v) is 22.3. The van der Waals surface area contributed by atoms with Crippen LogP contribution >= 0.6 is 11.8 Å². The molecule has 0 aliphatic carbocycles. The third-order valence-electron chi connectivity index (χ3n) is 8.22. The Hall–Kier alpha value is -2.84. The van der Waals surface area contributed by atoms with Crippen molar-refractivity contribution >= 4 is 35.3 Å². The van der Waals surface area contributed by atoms with Gasteiger partial charge in [0.2, 0.25) is 11.8 Å². The van der Waals surface area contributed by atoms with E-state index in [1.807, 2.05) is 18.7 Å². The summed E-state index contributed by atoms with van der Waals surface area (Å²) in [5.41, 5.74) is 6.01. The van der Waals surface area contributed by atoms with E-state index in [2.05, 4.69) is 20.8 Å². The Morgan fingerprint density at radius 1 is 1.29 bits per heavy atom. The predicted octanol–water partition coefficient (Wildman–Crippen LogP) is -0.545. The van der Waals surface area contributed by atoms with Gasteiger partial charge in [-0.3, -0.25) is 14.4 Å². The van der Waals surface area contributed by atoms with E-state index in [4.69, 9.17) is 5.73 Å². The number of nitrogens with zero attached hydrogens (tertiary/aromatic N) is 6. The number of piperidine rings is 1. The summed E-state index contributed by atoms with van der Waals surface area (Å²) in [5, 5.41) is 24.1. The Kier molecular flexibility index (Phi) is 7.56. The van der Waals surface area contributed by atoms with Crippen LogP contribution in [-0.2, 0) is 25.7 Å². The van der Waals surface area contributed by atoms with Gasteiger partial charge in [0.05, 0.1) is 18.0 Å². The van der Waals surface area contributed by atoms with Crippen LogP contribution in [0.5, 0.6) is 0 Å². The molecule has 206 valence electrons. The highest BCUT2D eigenvalue weighted by Crippen LogP contribution is 2.53. The Bertz CT molecular complexity index is 1130. The van der Waals surface area contributed by atoms with Crippen molar-refractivity contribution in [1.29, 1.82) is 0 Å². The minimum atomic E-state index is -1.13. The molecule has 3 saturated heterocycles. The van der Waals surface area contributed by atoms with Crippen LogP contribution in [0.2, 0.25) is 0 Å². The van der Waals surface area contributed by atoms with Gasteiger partial charge in [-0.15, -0.1) is 16.9 Å². The fourth-order valence-corrected chi connectivity index (χ4v) is 7.73. The summed E-state index contributed by atoms with van der Waals surface area (Å²) in [6.07, 6.45) is 3.74. The first-order chi connectivity index (χ1) is 18.2. The molecule has 38 heavy (non-hydrogen) atoms. The van der Waals surface area contributed by atoms with Gasteiger partial charge < -0.3 is 26.0 Å². The molecular formula is C24H34N8O5S. The van der Waals surface area contributed by atoms with Crippen molar-refractivity contribution in [2.45, 2.75) is 69.5 Å². The number of carbonyl (C=O) groups is 4. The highest BCUT2D eigenvalue weighted by atomic mass is 32.2. The fourth-order valence-electron chi connectivity index (χ4n) is 6.25. The van der Waals surface area contributed by atoms with Crippen LogP contribution in [0, 0.1) is 17.8 Å². The number of carboxylic acid groups (broad SMARTS) is 1. The van der Waals surface area contributed by atoms with Crippen molar-refractivity contribution in [3.05, 3.63) is 16.9 Å². The van der Waals surface area contributed by atoms with Crippen molar-refractivity contribution in [1.82, 2.24) is 35.3 Å². The van der Waals surface area contributed by atoms with Crippen molar-refractivity contribution in [2.24, 2.45) is 23.5 Å². The van der Waals surface area contributed by atoms with Gasteiger partial charge in [0.25, 0.3) is 0 Å². The molecule has 0 unspecified atom stereocenters. The molecule has 0 aromatic carbocycles. The van der Waals surface area contributed by atoms with Crippen LogP contribution in [0.25, 0.3) is 0 Å². The van der Waals surface area contributed by atoms with Gasteiger partial charge in [-0.05, 0) is 35.6 Å². The highest BCUT2D eigenvalue weighted by Gasteiger charge is 2.60. The number of Topliss-reactive ketones (excluding diaryl/α,β-unsaturated/α-hetero) is 1. The van der Waals surface area contributed by atoms with E-state index in [0.29, 0.717) is 31.0 Å². The zero-order valence-electron chi connectivity index (χ0n) is 21.5. The molecule has 4 aliphatic heterocycles. The first kappa shape index (κ1) is 26.8. The predicted molar refractivity (Wildman–Crippen MR) is 136 cm³/mol. The third kappa shape index (κ3) is 4.96. The van der Waals surface area contributed by atoms with Crippen molar-refractivity contribution in [2.75, 3.05) is 19.6 Å². The van der Waals surface area contributed by atoms with Gasteiger partial charge in [-0.2, -0.15) is 0 Å². The summed E-state index contributed by atoms with van der Waals surface area (Å²) >= 11 is 1.47. The summed E-state index contributed by atoms with van der Waals surface area (Å²) in [4.78, 5) is 54.9. The largest absolute Gasteiger partial charge is 0.477 e. The summed E-state index contributed by atoms with van der Waals surface area (Å²) in [6, 6.07) is -0.450. The minimum Gasteiger partial charge on any atom is -0.477 e. The molecule has 1 aromatic heterocycles. The smallest absolute Gasteiger partial charge is 0.353 e. The fraction of sp³-hybridized carbons (Fsp3) is 0.708. The molecule has 5 heterocycles. The van der Waals surface area contributed by atoms with Crippen LogP contribution in [0.3, 0.4) is 0 Å². The van der Waals surface area contributed by atoms with Gasteiger partial charge in [0.15, 0.2) is 5.78 Å². The number of nitrogens with two attached hydrogens (primary N) is 1. The summed E-state index contributed by atoms with van der Waals surface area (Å²) in [5.74, 6) is -2.25. The number of hydrogen-bond donors (Lipinski definition) is 3. The van der Waals surface area contributed by atoms with Crippen LogP contribution < -0.4 is 11.1 Å². The van der Waals surface area contributed by atoms with Gasteiger partial charge in [0, 0.05) is 48.2 Å². The quantitative estimate of drug-likeness (QED) is 0.339. The van der Waals surface area contributed by atoms with Crippen molar-refractivity contribution < 1.29 is 24.3 Å². The topological polar surface area (TPSA) is 177 Å². The second-order valence-corrected chi connectivity index (χ2v) is 12.2. The molecule has 5 rings (SSSR count). The molecular weight excluding hydrogens is 512 g/mol. The Labute approximate surface area is 224 Å². The first-order valence-electron chi connectivity index (χ1n) is 13.1. The van der Waals surface area contributed by atoms with Crippen LogP contribution in [-0.4, -0.2) is 102 Å². The molecule has 4 N–H and O–H groups in total. The van der Waals surface area contributed by atoms with E-state index in [9.17, 15) is 24.3 Å². The van der Waals surface area contributed by atoms with Crippen LogP contribution in [0.15, 0.2) is 16.9 Å². The molecule has 0 spiro atoms.